The van der Waals surface area contributed by atoms with Gasteiger partial charge in [-0.3, -0.25) is 4.79 Å². The molecule has 0 saturated carbocycles. The summed E-state index contributed by atoms with van der Waals surface area (Å²) in [5.41, 5.74) is 2.98. The third kappa shape index (κ3) is 4.42. The summed E-state index contributed by atoms with van der Waals surface area (Å²) in [6.45, 7) is 4.69. The molecule has 0 spiro atoms. The van der Waals surface area contributed by atoms with Crippen LogP contribution in [-0.2, 0) is 0 Å². The van der Waals surface area contributed by atoms with Gasteiger partial charge in [0.2, 0.25) is 0 Å². The molecular weight excluding hydrogens is 266 g/mol. The van der Waals surface area contributed by atoms with Crippen LogP contribution in [0.1, 0.15) is 21.5 Å². The van der Waals surface area contributed by atoms with E-state index >= 15 is 0 Å². The Morgan fingerprint density at radius 2 is 1.70 bits per heavy atom. The van der Waals surface area contributed by atoms with Crippen molar-refractivity contribution in [2.75, 3.05) is 12.3 Å². The number of rotatable bonds is 5. The Morgan fingerprint density at radius 3 is 2.35 bits per heavy atom. The van der Waals surface area contributed by atoms with Crippen molar-refractivity contribution in [2.24, 2.45) is 0 Å². The van der Waals surface area contributed by atoms with E-state index in [0.29, 0.717) is 6.54 Å². The van der Waals surface area contributed by atoms with Crippen molar-refractivity contribution in [3.8, 4) is 0 Å². The average Bonchev–Trinajstić information content (AvgIpc) is 2.43. The highest BCUT2D eigenvalue weighted by molar-refractivity contribution is 7.99. The van der Waals surface area contributed by atoms with Gasteiger partial charge in [-0.2, -0.15) is 0 Å². The molecule has 0 atom stereocenters. The SMILES string of the molecule is Cc1cc(C)cc(C(=O)NCCSc2ccccc2)c1. The lowest BCUT2D eigenvalue weighted by Crippen LogP contribution is -2.25. The smallest absolute Gasteiger partial charge is 0.251 e. The van der Waals surface area contributed by atoms with Crippen molar-refractivity contribution in [2.45, 2.75) is 18.7 Å². The highest BCUT2D eigenvalue weighted by Gasteiger charge is 2.05. The Kier molecular flexibility index (Phi) is 5.24. The molecule has 0 bridgehead atoms. The fourth-order valence-corrected chi connectivity index (χ4v) is 2.85. The lowest BCUT2D eigenvalue weighted by Gasteiger charge is -2.07. The summed E-state index contributed by atoms with van der Waals surface area (Å²) in [6.07, 6.45) is 0. The molecule has 1 amide bonds. The average molecular weight is 285 g/mol. The van der Waals surface area contributed by atoms with Crippen molar-refractivity contribution in [3.05, 3.63) is 65.2 Å². The minimum atomic E-state index is 0.00506. The lowest BCUT2D eigenvalue weighted by atomic mass is 10.1. The van der Waals surface area contributed by atoms with E-state index in [0.717, 1.165) is 22.4 Å². The standard InChI is InChI=1S/C17H19NOS/c1-13-10-14(2)12-15(11-13)17(19)18-8-9-20-16-6-4-3-5-7-16/h3-7,10-12H,8-9H2,1-2H3,(H,18,19). The van der Waals surface area contributed by atoms with Crippen LogP contribution in [0, 0.1) is 13.8 Å². The quantitative estimate of drug-likeness (QED) is 0.668. The zero-order valence-corrected chi connectivity index (χ0v) is 12.7. The van der Waals surface area contributed by atoms with E-state index in [-0.39, 0.29) is 5.91 Å². The first-order valence-electron chi connectivity index (χ1n) is 6.69. The molecule has 2 rings (SSSR count). The van der Waals surface area contributed by atoms with E-state index < -0.39 is 0 Å². The van der Waals surface area contributed by atoms with Gasteiger partial charge in [0.15, 0.2) is 0 Å². The molecule has 0 aliphatic rings. The fraction of sp³-hybridized carbons (Fsp3) is 0.235. The first-order valence-corrected chi connectivity index (χ1v) is 7.68. The molecule has 1 N–H and O–H groups in total. The molecule has 20 heavy (non-hydrogen) atoms. The number of thioether (sulfide) groups is 1. The van der Waals surface area contributed by atoms with E-state index in [4.69, 9.17) is 0 Å². The van der Waals surface area contributed by atoms with Gasteiger partial charge in [-0.1, -0.05) is 35.4 Å². The summed E-state index contributed by atoms with van der Waals surface area (Å²) in [6, 6.07) is 16.1. The number of benzene rings is 2. The zero-order chi connectivity index (χ0) is 14.4. The van der Waals surface area contributed by atoms with E-state index in [9.17, 15) is 4.79 Å². The molecule has 2 nitrogen and oxygen atoms in total. The Bertz CT molecular complexity index is 561. The minimum Gasteiger partial charge on any atom is -0.351 e. The van der Waals surface area contributed by atoms with E-state index in [1.165, 1.54) is 4.90 Å². The van der Waals surface area contributed by atoms with Gasteiger partial charge in [0.25, 0.3) is 5.91 Å². The molecule has 0 aliphatic heterocycles. The topological polar surface area (TPSA) is 29.1 Å². The maximum Gasteiger partial charge on any atom is 0.251 e. The molecule has 104 valence electrons. The van der Waals surface area contributed by atoms with Gasteiger partial charge in [0, 0.05) is 22.8 Å². The third-order valence-corrected chi connectivity index (χ3v) is 3.90. The number of amides is 1. The van der Waals surface area contributed by atoms with Crippen LogP contribution in [0.25, 0.3) is 0 Å². The molecule has 0 unspecified atom stereocenters. The van der Waals surface area contributed by atoms with E-state index in [1.807, 2.05) is 44.2 Å². The number of carbonyl (C=O) groups is 1. The predicted octanol–water partition coefficient (Wildman–Crippen LogP) is 3.83. The first-order chi connectivity index (χ1) is 9.65. The van der Waals surface area contributed by atoms with Crippen LogP contribution >= 0.6 is 11.8 Å². The Hall–Kier alpha value is -1.74. The van der Waals surface area contributed by atoms with Gasteiger partial charge in [-0.05, 0) is 38.1 Å². The molecule has 0 aliphatic carbocycles. The summed E-state index contributed by atoms with van der Waals surface area (Å²) in [5, 5.41) is 2.96. The van der Waals surface area contributed by atoms with E-state index in [1.54, 1.807) is 11.8 Å². The molecule has 0 radical (unpaired) electrons. The molecule has 0 saturated heterocycles. The van der Waals surface area contributed by atoms with Crippen LogP contribution in [0.3, 0.4) is 0 Å². The zero-order valence-electron chi connectivity index (χ0n) is 11.8. The van der Waals surface area contributed by atoms with Crippen LogP contribution in [0.4, 0.5) is 0 Å². The minimum absolute atomic E-state index is 0.00506. The molecule has 2 aromatic carbocycles. The Labute approximate surface area is 124 Å². The van der Waals surface area contributed by atoms with Crippen molar-refractivity contribution in [1.29, 1.82) is 0 Å². The maximum atomic E-state index is 12.0. The number of aryl methyl sites for hydroxylation is 2. The molecule has 2 aromatic rings. The fourth-order valence-electron chi connectivity index (χ4n) is 2.06. The number of hydrogen-bond donors (Lipinski definition) is 1. The van der Waals surface area contributed by atoms with Crippen molar-refractivity contribution >= 4 is 17.7 Å². The normalized spacial score (nSPS) is 10.3. The molecular formula is C17H19NOS. The van der Waals surface area contributed by atoms with Crippen LogP contribution in [0.2, 0.25) is 0 Å². The highest BCUT2D eigenvalue weighted by Crippen LogP contribution is 2.16. The highest BCUT2D eigenvalue weighted by atomic mass is 32.2. The summed E-state index contributed by atoms with van der Waals surface area (Å²) >= 11 is 1.75. The monoisotopic (exact) mass is 285 g/mol. The molecule has 3 heteroatoms. The van der Waals surface area contributed by atoms with Gasteiger partial charge in [-0.25, -0.2) is 0 Å². The second kappa shape index (κ2) is 7.15. The number of carbonyl (C=O) groups excluding carboxylic acids is 1. The largest absolute Gasteiger partial charge is 0.351 e. The van der Waals surface area contributed by atoms with Gasteiger partial charge in [0.05, 0.1) is 0 Å². The van der Waals surface area contributed by atoms with Crippen LogP contribution in [0.15, 0.2) is 53.4 Å². The second-order valence-corrected chi connectivity index (χ2v) is 5.96. The van der Waals surface area contributed by atoms with Crippen molar-refractivity contribution < 1.29 is 4.79 Å². The van der Waals surface area contributed by atoms with Crippen molar-refractivity contribution in [1.82, 2.24) is 5.32 Å². The number of hydrogen-bond acceptors (Lipinski definition) is 2. The maximum absolute atomic E-state index is 12.0. The second-order valence-electron chi connectivity index (χ2n) is 4.79. The molecule has 0 aromatic heterocycles. The van der Waals surface area contributed by atoms with Crippen LogP contribution in [0.5, 0.6) is 0 Å². The van der Waals surface area contributed by atoms with Gasteiger partial charge in [-0.15, -0.1) is 11.8 Å². The lowest BCUT2D eigenvalue weighted by molar-refractivity contribution is 0.0956. The van der Waals surface area contributed by atoms with Gasteiger partial charge >= 0.3 is 0 Å². The summed E-state index contributed by atoms with van der Waals surface area (Å²) in [4.78, 5) is 13.3. The summed E-state index contributed by atoms with van der Waals surface area (Å²) < 4.78 is 0. The first kappa shape index (κ1) is 14.7. The third-order valence-electron chi connectivity index (χ3n) is 2.88. The number of nitrogens with one attached hydrogen (secondary N) is 1. The van der Waals surface area contributed by atoms with Crippen molar-refractivity contribution in [3.63, 3.8) is 0 Å². The Balaban J connectivity index is 1.80. The van der Waals surface area contributed by atoms with Crippen LogP contribution in [-0.4, -0.2) is 18.2 Å². The van der Waals surface area contributed by atoms with E-state index in [2.05, 4.69) is 23.5 Å². The van der Waals surface area contributed by atoms with Gasteiger partial charge in [0.1, 0.15) is 0 Å². The van der Waals surface area contributed by atoms with Crippen LogP contribution < -0.4 is 5.32 Å². The molecule has 0 heterocycles. The Morgan fingerprint density at radius 1 is 1.05 bits per heavy atom. The predicted molar refractivity (Wildman–Crippen MR) is 85.4 cm³/mol. The van der Waals surface area contributed by atoms with Gasteiger partial charge < -0.3 is 5.32 Å². The summed E-state index contributed by atoms with van der Waals surface area (Å²) in [5.74, 6) is 0.881. The molecule has 0 fully saturated rings. The summed E-state index contributed by atoms with van der Waals surface area (Å²) in [7, 11) is 0.